The molecule has 12 heteroatoms. The quantitative estimate of drug-likeness (QED) is 0.106. The number of aromatic nitrogens is 2. The van der Waals surface area contributed by atoms with E-state index in [9.17, 15) is 14.7 Å². The summed E-state index contributed by atoms with van der Waals surface area (Å²) >= 11 is 3.20. The lowest BCUT2D eigenvalue weighted by molar-refractivity contribution is -0.245. The standard InChI is InChI=1S/C33H37N5O5S2/c1-21-37-38-33(45-21)44-20-26-17-29(24-13-11-23(19-39)12-14-24)43-32(42-26)25-15-9-22(10-16-25)18-35-30(40)7-4-8-31(41)36-28-6-3-2-5-27(28)34/h2-3,5-6,9-16,26,29,32,39H,4,7-8,17-20,34H2,1H3,(H,35,40)(H,36,41)/t26-,29+,32+/m1/s1. The molecule has 2 heterocycles. The number of amides is 2. The Morgan fingerprint density at radius 1 is 0.956 bits per heavy atom. The Kier molecular flexibility index (Phi) is 11.6. The molecule has 3 aromatic carbocycles. The topological polar surface area (TPSA) is 149 Å². The fraction of sp³-hybridized carbons (Fsp3) is 0.333. The van der Waals surface area contributed by atoms with Crippen molar-refractivity contribution in [2.75, 3.05) is 16.8 Å². The Bertz CT molecular complexity index is 1560. The zero-order chi connectivity index (χ0) is 31.6. The fourth-order valence-electron chi connectivity index (χ4n) is 4.84. The average molecular weight is 648 g/mol. The monoisotopic (exact) mass is 647 g/mol. The van der Waals surface area contributed by atoms with E-state index in [4.69, 9.17) is 15.2 Å². The van der Waals surface area contributed by atoms with E-state index < -0.39 is 6.29 Å². The number of nitrogens with zero attached hydrogens (tertiary/aromatic N) is 2. The molecule has 5 N–H and O–H groups in total. The highest BCUT2D eigenvalue weighted by molar-refractivity contribution is 8.01. The van der Waals surface area contributed by atoms with Gasteiger partial charge in [-0.05, 0) is 42.2 Å². The zero-order valence-electron chi connectivity index (χ0n) is 25.0. The molecule has 3 atom stereocenters. The summed E-state index contributed by atoms with van der Waals surface area (Å²) in [7, 11) is 0. The van der Waals surface area contributed by atoms with Gasteiger partial charge in [-0.15, -0.1) is 10.2 Å². The highest BCUT2D eigenvalue weighted by atomic mass is 32.2. The molecule has 2 amide bonds. The molecular weight excluding hydrogens is 611 g/mol. The van der Waals surface area contributed by atoms with Crippen LogP contribution < -0.4 is 16.4 Å². The Balaban J connectivity index is 1.13. The molecule has 0 saturated carbocycles. The smallest absolute Gasteiger partial charge is 0.224 e. The number of benzene rings is 3. The molecule has 1 aromatic heterocycles. The summed E-state index contributed by atoms with van der Waals surface area (Å²) in [6.07, 6.45) is 0.772. The predicted molar refractivity (Wildman–Crippen MR) is 175 cm³/mol. The van der Waals surface area contributed by atoms with E-state index in [0.29, 0.717) is 36.5 Å². The third kappa shape index (κ3) is 9.59. The number of para-hydroxylation sites is 2. The van der Waals surface area contributed by atoms with Crippen LogP contribution in [0.3, 0.4) is 0 Å². The lowest BCUT2D eigenvalue weighted by Crippen LogP contribution is -2.31. The number of nitrogen functional groups attached to an aromatic ring is 1. The maximum atomic E-state index is 12.4. The van der Waals surface area contributed by atoms with E-state index in [0.717, 1.165) is 31.6 Å². The Morgan fingerprint density at radius 3 is 2.38 bits per heavy atom. The van der Waals surface area contributed by atoms with Crippen LogP contribution in [0.5, 0.6) is 0 Å². The van der Waals surface area contributed by atoms with Gasteiger partial charge in [-0.25, -0.2) is 0 Å². The summed E-state index contributed by atoms with van der Waals surface area (Å²) in [5, 5.41) is 24.4. The van der Waals surface area contributed by atoms with Crippen LogP contribution >= 0.6 is 23.1 Å². The minimum atomic E-state index is -0.566. The van der Waals surface area contributed by atoms with Crippen molar-refractivity contribution in [3.63, 3.8) is 0 Å². The van der Waals surface area contributed by atoms with Gasteiger partial charge in [0.25, 0.3) is 0 Å². The van der Waals surface area contributed by atoms with Crippen molar-refractivity contribution in [3.05, 3.63) is 100 Å². The predicted octanol–water partition coefficient (Wildman–Crippen LogP) is 5.68. The van der Waals surface area contributed by atoms with Crippen LogP contribution in [0, 0.1) is 6.92 Å². The Hall–Kier alpha value is -3.81. The molecule has 5 rings (SSSR count). The normalized spacial score (nSPS) is 18.0. The van der Waals surface area contributed by atoms with Crippen LogP contribution in [-0.2, 0) is 32.2 Å². The minimum Gasteiger partial charge on any atom is -0.397 e. The first-order valence-electron chi connectivity index (χ1n) is 14.8. The second-order valence-electron chi connectivity index (χ2n) is 10.8. The molecule has 4 aromatic rings. The van der Waals surface area contributed by atoms with Gasteiger partial charge in [-0.1, -0.05) is 83.8 Å². The van der Waals surface area contributed by atoms with E-state index in [2.05, 4.69) is 20.8 Å². The van der Waals surface area contributed by atoms with E-state index in [-0.39, 0.29) is 43.5 Å². The van der Waals surface area contributed by atoms with Crippen molar-refractivity contribution >= 4 is 46.3 Å². The number of carbonyl (C=O) groups is 2. The van der Waals surface area contributed by atoms with Crippen LogP contribution in [0.4, 0.5) is 11.4 Å². The first kappa shape index (κ1) is 32.6. The second-order valence-corrected chi connectivity index (χ2v) is 13.2. The molecule has 236 valence electrons. The van der Waals surface area contributed by atoms with Gasteiger partial charge in [0, 0.05) is 37.1 Å². The summed E-state index contributed by atoms with van der Waals surface area (Å²) < 4.78 is 13.8. The van der Waals surface area contributed by atoms with E-state index in [1.165, 1.54) is 0 Å². The number of nitrogens with two attached hydrogens (primary N) is 1. The summed E-state index contributed by atoms with van der Waals surface area (Å²) in [6.45, 7) is 2.31. The maximum Gasteiger partial charge on any atom is 0.224 e. The maximum absolute atomic E-state index is 12.4. The summed E-state index contributed by atoms with van der Waals surface area (Å²) in [6, 6.07) is 22.7. The number of nitrogens with one attached hydrogen (secondary N) is 2. The minimum absolute atomic E-state index is 0.00723. The molecule has 1 aliphatic heterocycles. The molecule has 10 nitrogen and oxygen atoms in total. The lowest BCUT2D eigenvalue weighted by Gasteiger charge is -2.36. The van der Waals surface area contributed by atoms with Crippen LogP contribution in [0.15, 0.2) is 77.1 Å². The van der Waals surface area contributed by atoms with Crippen molar-refractivity contribution < 1.29 is 24.2 Å². The number of anilines is 2. The summed E-state index contributed by atoms with van der Waals surface area (Å²) in [5.74, 6) is 0.418. The number of hydrogen-bond donors (Lipinski definition) is 4. The van der Waals surface area contributed by atoms with Crippen molar-refractivity contribution in [3.8, 4) is 0 Å². The first-order chi connectivity index (χ1) is 21.9. The molecule has 45 heavy (non-hydrogen) atoms. The first-order valence-corrected chi connectivity index (χ1v) is 16.6. The van der Waals surface area contributed by atoms with E-state index >= 15 is 0 Å². The number of aliphatic hydroxyl groups is 1. The number of aryl methyl sites for hydroxylation is 1. The van der Waals surface area contributed by atoms with Gasteiger partial charge in [0.2, 0.25) is 11.8 Å². The largest absolute Gasteiger partial charge is 0.397 e. The molecular formula is C33H37N5O5S2. The average Bonchev–Trinajstić information content (AvgIpc) is 3.49. The number of carbonyl (C=O) groups excluding carboxylic acids is 2. The molecule has 0 bridgehead atoms. The van der Waals surface area contributed by atoms with Crippen LogP contribution in [0.2, 0.25) is 0 Å². The summed E-state index contributed by atoms with van der Waals surface area (Å²) in [5.41, 5.74) is 10.6. The lowest BCUT2D eigenvalue weighted by atomic mass is 10.0. The Labute approximate surface area is 270 Å². The van der Waals surface area contributed by atoms with Gasteiger partial charge in [-0.2, -0.15) is 0 Å². The highest BCUT2D eigenvalue weighted by Crippen LogP contribution is 2.39. The van der Waals surface area contributed by atoms with Gasteiger partial charge >= 0.3 is 0 Å². The molecule has 1 fully saturated rings. The van der Waals surface area contributed by atoms with Crippen LogP contribution in [0.25, 0.3) is 0 Å². The number of aliphatic hydroxyl groups excluding tert-OH is 1. The molecule has 0 unspecified atom stereocenters. The van der Waals surface area contributed by atoms with Gasteiger partial charge < -0.3 is 30.9 Å². The highest BCUT2D eigenvalue weighted by Gasteiger charge is 2.32. The summed E-state index contributed by atoms with van der Waals surface area (Å²) in [4.78, 5) is 24.6. The zero-order valence-corrected chi connectivity index (χ0v) is 26.6. The number of rotatable bonds is 13. The SMILES string of the molecule is Cc1nnc(SC[C@H]2C[C@@H](c3ccc(CO)cc3)O[C@@H](c3ccc(CNC(=O)CCCC(=O)Nc4ccccc4N)cc3)O2)s1. The van der Waals surface area contributed by atoms with Gasteiger partial charge in [0.05, 0.1) is 30.2 Å². The molecule has 1 aliphatic rings. The van der Waals surface area contributed by atoms with Crippen molar-refractivity contribution in [2.45, 2.75) is 68.6 Å². The van der Waals surface area contributed by atoms with Crippen molar-refractivity contribution in [1.82, 2.24) is 15.5 Å². The van der Waals surface area contributed by atoms with Gasteiger partial charge in [-0.3, -0.25) is 9.59 Å². The number of ether oxygens (including phenoxy) is 2. The third-order valence-corrected chi connectivity index (χ3v) is 9.40. The molecule has 0 radical (unpaired) electrons. The van der Waals surface area contributed by atoms with Crippen molar-refractivity contribution in [2.24, 2.45) is 0 Å². The molecule has 1 saturated heterocycles. The molecule has 0 spiro atoms. The van der Waals surface area contributed by atoms with Gasteiger partial charge in [0.1, 0.15) is 5.01 Å². The second kappa shape index (κ2) is 16.0. The molecule has 0 aliphatic carbocycles. The van der Waals surface area contributed by atoms with E-state index in [1.54, 1.807) is 47.4 Å². The number of thioether (sulfide) groups is 1. The van der Waals surface area contributed by atoms with E-state index in [1.807, 2.05) is 55.5 Å². The fourth-order valence-corrected chi connectivity index (χ4v) is 6.70. The Morgan fingerprint density at radius 2 is 1.67 bits per heavy atom. The van der Waals surface area contributed by atoms with Crippen molar-refractivity contribution in [1.29, 1.82) is 0 Å². The van der Waals surface area contributed by atoms with Crippen LogP contribution in [-0.4, -0.2) is 39.0 Å². The number of hydrogen-bond acceptors (Lipinski definition) is 10. The third-order valence-electron chi connectivity index (χ3n) is 7.30. The van der Waals surface area contributed by atoms with Crippen LogP contribution in [0.1, 0.15) is 65.3 Å². The van der Waals surface area contributed by atoms with Gasteiger partial charge in [0.15, 0.2) is 10.6 Å².